The number of benzene rings is 1. The molecule has 1 nitrogen and oxygen atoms in total. The minimum absolute atomic E-state index is 0.435. The van der Waals surface area contributed by atoms with Crippen LogP contribution in [-0.2, 0) is 4.79 Å². The Labute approximate surface area is 92.3 Å². The smallest absolute Gasteiger partial charge is 0.289 e. The molecule has 16 heavy (non-hydrogen) atoms. The minimum Gasteiger partial charge on any atom is -0.289 e. The number of carbonyl (C=O) groups excluding carboxylic acids is 1. The van der Waals surface area contributed by atoms with Crippen molar-refractivity contribution >= 4 is 5.78 Å². The maximum absolute atomic E-state index is 12.2. The standard InChI is InChI=1S/C12H13F3O/c1-8(10-6-4-3-5-7-10)9(2)11(16)12(13,14)15/h3-9H,1-2H3. The molecule has 4 heteroatoms. The summed E-state index contributed by atoms with van der Waals surface area (Å²) in [7, 11) is 0. The van der Waals surface area contributed by atoms with Crippen LogP contribution < -0.4 is 0 Å². The molecule has 1 aromatic carbocycles. The summed E-state index contributed by atoms with van der Waals surface area (Å²) in [6, 6.07) is 8.73. The zero-order valence-electron chi connectivity index (χ0n) is 9.08. The highest BCUT2D eigenvalue weighted by molar-refractivity contribution is 5.86. The first-order chi connectivity index (χ1) is 7.34. The van der Waals surface area contributed by atoms with Gasteiger partial charge in [0, 0.05) is 5.92 Å². The van der Waals surface area contributed by atoms with Crippen molar-refractivity contribution in [2.24, 2.45) is 5.92 Å². The number of rotatable bonds is 3. The molecule has 0 spiro atoms. The molecular formula is C12H13F3O. The first-order valence-corrected chi connectivity index (χ1v) is 5.00. The average molecular weight is 230 g/mol. The third kappa shape index (κ3) is 2.84. The third-order valence-electron chi connectivity index (χ3n) is 2.77. The Kier molecular flexibility index (Phi) is 3.73. The fourth-order valence-corrected chi connectivity index (χ4v) is 1.53. The summed E-state index contributed by atoms with van der Waals surface area (Å²) in [5.74, 6) is -3.15. The summed E-state index contributed by atoms with van der Waals surface area (Å²) in [6.07, 6.45) is -4.75. The van der Waals surface area contributed by atoms with Crippen molar-refractivity contribution in [3.63, 3.8) is 0 Å². The van der Waals surface area contributed by atoms with Gasteiger partial charge in [-0.3, -0.25) is 4.79 Å². The van der Waals surface area contributed by atoms with E-state index in [-0.39, 0.29) is 0 Å². The molecule has 88 valence electrons. The summed E-state index contributed by atoms with van der Waals surface area (Å²) >= 11 is 0. The quantitative estimate of drug-likeness (QED) is 0.776. The van der Waals surface area contributed by atoms with E-state index in [1.165, 1.54) is 6.92 Å². The first kappa shape index (κ1) is 12.7. The Morgan fingerprint density at radius 2 is 1.62 bits per heavy atom. The second-order valence-electron chi connectivity index (χ2n) is 3.85. The Balaban J connectivity index is 2.83. The van der Waals surface area contributed by atoms with Gasteiger partial charge in [0.15, 0.2) is 0 Å². The van der Waals surface area contributed by atoms with Crippen LogP contribution in [0.1, 0.15) is 25.3 Å². The van der Waals surface area contributed by atoms with Crippen LogP contribution in [0.25, 0.3) is 0 Å². The van der Waals surface area contributed by atoms with Crippen LogP contribution in [-0.4, -0.2) is 12.0 Å². The second kappa shape index (κ2) is 4.68. The van der Waals surface area contributed by atoms with Crippen molar-refractivity contribution in [3.05, 3.63) is 35.9 Å². The molecule has 1 aromatic rings. The van der Waals surface area contributed by atoms with E-state index < -0.39 is 23.8 Å². The highest BCUT2D eigenvalue weighted by Gasteiger charge is 2.43. The lowest BCUT2D eigenvalue weighted by molar-refractivity contribution is -0.175. The normalized spacial score (nSPS) is 15.6. The molecule has 0 heterocycles. The van der Waals surface area contributed by atoms with E-state index in [4.69, 9.17) is 0 Å². The van der Waals surface area contributed by atoms with E-state index >= 15 is 0 Å². The van der Waals surface area contributed by atoms with Crippen molar-refractivity contribution in [2.75, 3.05) is 0 Å². The number of halogens is 3. The van der Waals surface area contributed by atoms with E-state index in [1.807, 2.05) is 0 Å². The third-order valence-corrected chi connectivity index (χ3v) is 2.77. The second-order valence-corrected chi connectivity index (χ2v) is 3.85. The molecule has 0 aliphatic heterocycles. The molecule has 0 aromatic heterocycles. The lowest BCUT2D eigenvalue weighted by Gasteiger charge is -2.20. The number of Topliss-reactive ketones (excluding diaryl/α,β-unsaturated/α-hetero) is 1. The highest BCUT2D eigenvalue weighted by Crippen LogP contribution is 2.30. The Morgan fingerprint density at radius 3 is 2.06 bits per heavy atom. The Morgan fingerprint density at radius 1 is 1.12 bits per heavy atom. The van der Waals surface area contributed by atoms with Crippen molar-refractivity contribution in [3.8, 4) is 0 Å². The fraction of sp³-hybridized carbons (Fsp3) is 0.417. The van der Waals surface area contributed by atoms with Crippen molar-refractivity contribution in [1.29, 1.82) is 0 Å². The van der Waals surface area contributed by atoms with Crippen LogP contribution >= 0.6 is 0 Å². The Bertz CT molecular complexity index is 356. The van der Waals surface area contributed by atoms with Crippen LogP contribution in [0.3, 0.4) is 0 Å². The first-order valence-electron chi connectivity index (χ1n) is 5.00. The lowest BCUT2D eigenvalue weighted by Crippen LogP contribution is -2.31. The van der Waals surface area contributed by atoms with Crippen LogP contribution in [0.4, 0.5) is 13.2 Å². The molecule has 2 atom stereocenters. The molecule has 0 aliphatic rings. The molecule has 0 fully saturated rings. The van der Waals surface area contributed by atoms with Gasteiger partial charge in [-0.25, -0.2) is 0 Å². The monoisotopic (exact) mass is 230 g/mol. The maximum atomic E-state index is 12.2. The zero-order chi connectivity index (χ0) is 12.3. The van der Waals surface area contributed by atoms with E-state index in [0.717, 1.165) is 5.56 Å². The average Bonchev–Trinajstić information content (AvgIpc) is 2.26. The largest absolute Gasteiger partial charge is 0.450 e. The molecule has 1 rings (SSSR count). The van der Waals surface area contributed by atoms with Crippen LogP contribution in [0, 0.1) is 5.92 Å². The zero-order valence-corrected chi connectivity index (χ0v) is 9.08. The van der Waals surface area contributed by atoms with Crippen molar-refractivity contribution in [1.82, 2.24) is 0 Å². The van der Waals surface area contributed by atoms with E-state index in [0.29, 0.717) is 0 Å². The molecule has 0 aliphatic carbocycles. The predicted molar refractivity (Wildman–Crippen MR) is 55.1 cm³/mol. The summed E-state index contributed by atoms with van der Waals surface area (Å²) in [6.45, 7) is 2.94. The molecule has 0 amide bonds. The lowest BCUT2D eigenvalue weighted by atomic mass is 9.86. The van der Waals surface area contributed by atoms with Gasteiger partial charge in [0.25, 0.3) is 0 Å². The number of ketones is 1. The number of carbonyl (C=O) groups is 1. The van der Waals surface area contributed by atoms with Gasteiger partial charge in [-0.1, -0.05) is 44.2 Å². The molecule has 0 saturated carbocycles. The highest BCUT2D eigenvalue weighted by atomic mass is 19.4. The molecule has 2 unspecified atom stereocenters. The van der Waals surface area contributed by atoms with Crippen molar-refractivity contribution in [2.45, 2.75) is 25.9 Å². The van der Waals surface area contributed by atoms with E-state index in [9.17, 15) is 18.0 Å². The topological polar surface area (TPSA) is 17.1 Å². The van der Waals surface area contributed by atoms with Gasteiger partial charge >= 0.3 is 6.18 Å². The summed E-state index contributed by atoms with van der Waals surface area (Å²) < 4.78 is 36.7. The number of hydrogen-bond donors (Lipinski definition) is 0. The molecular weight excluding hydrogens is 217 g/mol. The molecule has 0 bridgehead atoms. The molecule has 0 N–H and O–H groups in total. The van der Waals surface area contributed by atoms with Gasteiger partial charge in [0.2, 0.25) is 5.78 Å². The molecule has 0 saturated heterocycles. The van der Waals surface area contributed by atoms with Gasteiger partial charge < -0.3 is 0 Å². The minimum atomic E-state index is -4.75. The summed E-state index contributed by atoms with van der Waals surface area (Å²) in [4.78, 5) is 11.1. The van der Waals surface area contributed by atoms with Gasteiger partial charge in [-0.05, 0) is 11.5 Å². The summed E-state index contributed by atoms with van der Waals surface area (Å²) in [5, 5.41) is 0. The van der Waals surface area contributed by atoms with Gasteiger partial charge in [0.1, 0.15) is 0 Å². The number of hydrogen-bond acceptors (Lipinski definition) is 1. The van der Waals surface area contributed by atoms with Crippen LogP contribution in [0.15, 0.2) is 30.3 Å². The fourth-order valence-electron chi connectivity index (χ4n) is 1.53. The van der Waals surface area contributed by atoms with Gasteiger partial charge in [-0.2, -0.15) is 13.2 Å². The van der Waals surface area contributed by atoms with Gasteiger partial charge in [0.05, 0.1) is 0 Å². The predicted octanol–water partition coefficient (Wildman–Crippen LogP) is 3.56. The van der Waals surface area contributed by atoms with Crippen LogP contribution in [0.2, 0.25) is 0 Å². The van der Waals surface area contributed by atoms with E-state index in [2.05, 4.69) is 0 Å². The number of alkyl halides is 3. The Hall–Kier alpha value is -1.32. The van der Waals surface area contributed by atoms with Gasteiger partial charge in [-0.15, -0.1) is 0 Å². The van der Waals surface area contributed by atoms with E-state index in [1.54, 1.807) is 37.3 Å². The maximum Gasteiger partial charge on any atom is 0.450 e. The molecule has 0 radical (unpaired) electrons. The van der Waals surface area contributed by atoms with Crippen LogP contribution in [0.5, 0.6) is 0 Å². The van der Waals surface area contributed by atoms with Crippen molar-refractivity contribution < 1.29 is 18.0 Å². The SMILES string of the molecule is CC(C(=O)C(F)(F)F)C(C)c1ccccc1. The summed E-state index contributed by atoms with van der Waals surface area (Å²) in [5.41, 5.74) is 0.743.